The number of aromatic amines is 1. The maximum absolute atomic E-state index is 13.3. The molecule has 202 valence electrons. The van der Waals surface area contributed by atoms with E-state index in [9.17, 15) is 4.79 Å². The van der Waals surface area contributed by atoms with Crippen LogP contribution in [-0.2, 0) is 18.6 Å². The summed E-state index contributed by atoms with van der Waals surface area (Å²) in [5.74, 6) is 1.98. The zero-order valence-corrected chi connectivity index (χ0v) is 23.4. The highest BCUT2D eigenvalue weighted by atomic mass is 16.5. The average molecular weight is 519 g/mol. The molecule has 0 saturated heterocycles. The van der Waals surface area contributed by atoms with Crippen LogP contribution in [0.25, 0.3) is 10.9 Å². The minimum atomic E-state index is -0.238. The molecule has 9 heteroatoms. The number of pyridine rings is 1. The highest BCUT2D eigenvalue weighted by Gasteiger charge is 2.31. The summed E-state index contributed by atoms with van der Waals surface area (Å²) in [6.45, 7) is 11.7. The molecule has 0 aliphatic rings. The number of benzene rings is 2. The first-order chi connectivity index (χ1) is 18.2. The summed E-state index contributed by atoms with van der Waals surface area (Å²) in [7, 11) is 3.19. The van der Waals surface area contributed by atoms with E-state index >= 15 is 0 Å². The second-order valence-corrected chi connectivity index (χ2v) is 10.3. The molecule has 0 spiro atoms. The Kier molecular flexibility index (Phi) is 8.16. The van der Waals surface area contributed by atoms with Crippen LogP contribution in [0.1, 0.15) is 69.1 Å². The largest absolute Gasteiger partial charge is 0.493 e. The first-order valence-electron chi connectivity index (χ1n) is 13.1. The van der Waals surface area contributed by atoms with Gasteiger partial charge in [0.25, 0.3) is 5.56 Å². The number of tetrazole rings is 1. The Morgan fingerprint density at radius 1 is 1.03 bits per heavy atom. The quantitative estimate of drug-likeness (QED) is 0.294. The third-order valence-electron chi connectivity index (χ3n) is 7.36. The summed E-state index contributed by atoms with van der Waals surface area (Å²) in [6.07, 6.45) is 1.66. The third kappa shape index (κ3) is 5.57. The van der Waals surface area contributed by atoms with E-state index in [1.165, 1.54) is 5.56 Å². The summed E-state index contributed by atoms with van der Waals surface area (Å²) in [6, 6.07) is 14.0. The molecule has 0 saturated carbocycles. The molecule has 0 aliphatic heterocycles. The van der Waals surface area contributed by atoms with Crippen molar-refractivity contribution < 1.29 is 9.47 Å². The number of nitrogens with zero attached hydrogens (tertiary/aromatic N) is 5. The predicted octanol–water partition coefficient (Wildman–Crippen LogP) is 5.14. The third-order valence-corrected chi connectivity index (χ3v) is 7.36. The van der Waals surface area contributed by atoms with E-state index in [-0.39, 0.29) is 17.1 Å². The number of hydrogen-bond acceptors (Lipinski definition) is 7. The van der Waals surface area contributed by atoms with E-state index in [1.54, 1.807) is 20.3 Å². The first kappa shape index (κ1) is 27.3. The van der Waals surface area contributed by atoms with Crippen LogP contribution < -0.4 is 15.0 Å². The number of fused-ring (bicyclic) bond motifs is 1. The molecule has 0 aliphatic carbocycles. The molecule has 1 N–H and O–H groups in total. The smallest absolute Gasteiger partial charge is 0.252 e. The number of H-pyrrole nitrogens is 1. The van der Waals surface area contributed by atoms with E-state index in [4.69, 9.17) is 9.47 Å². The molecule has 4 rings (SSSR count). The normalized spacial score (nSPS) is 12.7. The summed E-state index contributed by atoms with van der Waals surface area (Å²) in [4.78, 5) is 18.6. The molecular weight excluding hydrogens is 480 g/mol. The molecular formula is C29H38N6O3. The van der Waals surface area contributed by atoms with Crippen molar-refractivity contribution in [1.29, 1.82) is 0 Å². The van der Waals surface area contributed by atoms with Crippen LogP contribution in [0.4, 0.5) is 0 Å². The number of rotatable bonds is 11. The first-order valence-corrected chi connectivity index (χ1v) is 13.1. The molecule has 9 nitrogen and oxygen atoms in total. The maximum Gasteiger partial charge on any atom is 0.252 e. The van der Waals surface area contributed by atoms with Gasteiger partial charge in [-0.15, -0.1) is 5.10 Å². The molecule has 0 bridgehead atoms. The molecule has 2 heterocycles. The van der Waals surface area contributed by atoms with Gasteiger partial charge >= 0.3 is 0 Å². The Balaban J connectivity index is 1.79. The Hall–Kier alpha value is -3.72. The van der Waals surface area contributed by atoms with Crippen molar-refractivity contribution >= 4 is 10.9 Å². The molecule has 2 aromatic carbocycles. The lowest BCUT2D eigenvalue weighted by Gasteiger charge is -2.33. The fraction of sp³-hybridized carbons (Fsp3) is 0.448. The van der Waals surface area contributed by atoms with Crippen LogP contribution in [0, 0.1) is 6.92 Å². The standard InChI is InChI=1S/C29H38N6O3/c1-8-24(27-31-32-33-35(27)29(4,5)9-2)34(17-20-12-10-19(3)11-13-20)18-22-14-21-15-25(37-6)26(38-7)16-23(21)30-28(22)36/h10-16,24H,8-9,17-18H2,1-7H3,(H,30,36)/t24-/m1/s1. The van der Waals surface area contributed by atoms with Crippen molar-refractivity contribution in [2.24, 2.45) is 0 Å². The Morgan fingerprint density at radius 3 is 2.34 bits per heavy atom. The molecule has 1 atom stereocenters. The van der Waals surface area contributed by atoms with Gasteiger partial charge in [-0.3, -0.25) is 9.69 Å². The van der Waals surface area contributed by atoms with Crippen LogP contribution in [0.3, 0.4) is 0 Å². The van der Waals surface area contributed by atoms with Crippen LogP contribution in [-0.4, -0.2) is 44.3 Å². The highest BCUT2D eigenvalue weighted by Crippen LogP contribution is 2.33. The van der Waals surface area contributed by atoms with Gasteiger partial charge in [-0.1, -0.05) is 43.7 Å². The summed E-state index contributed by atoms with van der Waals surface area (Å²) >= 11 is 0. The van der Waals surface area contributed by atoms with Crippen LogP contribution in [0.2, 0.25) is 0 Å². The second kappa shape index (κ2) is 11.3. The highest BCUT2D eigenvalue weighted by molar-refractivity contribution is 5.83. The predicted molar refractivity (Wildman–Crippen MR) is 149 cm³/mol. The summed E-state index contributed by atoms with van der Waals surface area (Å²) < 4.78 is 12.8. The molecule has 0 unspecified atom stereocenters. The number of nitrogens with one attached hydrogen (secondary N) is 1. The van der Waals surface area contributed by atoms with Gasteiger partial charge in [-0.2, -0.15) is 0 Å². The number of ether oxygens (including phenoxy) is 2. The number of aromatic nitrogens is 5. The summed E-state index contributed by atoms with van der Waals surface area (Å²) in [5, 5.41) is 13.8. The van der Waals surface area contributed by atoms with Crippen molar-refractivity contribution in [1.82, 2.24) is 30.1 Å². The van der Waals surface area contributed by atoms with E-state index in [2.05, 4.69) is 84.3 Å². The summed E-state index contributed by atoms with van der Waals surface area (Å²) in [5.41, 5.74) is 3.34. The van der Waals surface area contributed by atoms with Crippen LogP contribution in [0.15, 0.2) is 47.3 Å². The molecule has 0 amide bonds. The van der Waals surface area contributed by atoms with E-state index in [0.29, 0.717) is 35.7 Å². The van der Waals surface area contributed by atoms with Gasteiger partial charge in [0.15, 0.2) is 17.3 Å². The molecule has 4 aromatic rings. The minimum absolute atomic E-state index is 0.0994. The van der Waals surface area contributed by atoms with Crippen molar-refractivity contribution in [3.8, 4) is 11.5 Å². The van der Waals surface area contributed by atoms with Gasteiger partial charge in [0.05, 0.1) is 31.3 Å². The zero-order chi connectivity index (χ0) is 27.4. The maximum atomic E-state index is 13.3. The van der Waals surface area contributed by atoms with E-state index < -0.39 is 0 Å². The van der Waals surface area contributed by atoms with E-state index in [1.807, 2.05) is 16.8 Å². The van der Waals surface area contributed by atoms with Gasteiger partial charge in [0.1, 0.15) is 0 Å². The SMILES string of the molecule is CC[C@H](c1nnnn1C(C)(C)CC)N(Cc1ccc(C)cc1)Cc1cc2cc(OC)c(OC)cc2[nH]c1=O. The molecule has 0 radical (unpaired) electrons. The van der Waals surface area contributed by atoms with Gasteiger partial charge < -0.3 is 14.5 Å². The minimum Gasteiger partial charge on any atom is -0.493 e. The lowest BCUT2D eigenvalue weighted by atomic mass is 10.0. The Morgan fingerprint density at radius 2 is 1.71 bits per heavy atom. The Bertz CT molecular complexity index is 1440. The zero-order valence-electron chi connectivity index (χ0n) is 23.4. The number of hydrogen-bond donors (Lipinski definition) is 1. The monoisotopic (exact) mass is 518 g/mol. The van der Waals surface area contributed by atoms with Crippen LogP contribution >= 0.6 is 0 Å². The van der Waals surface area contributed by atoms with Gasteiger partial charge in [0, 0.05) is 30.1 Å². The van der Waals surface area contributed by atoms with Crippen molar-refractivity contribution in [2.75, 3.05) is 14.2 Å². The van der Waals surface area contributed by atoms with E-state index in [0.717, 1.165) is 29.6 Å². The fourth-order valence-corrected chi connectivity index (χ4v) is 4.71. The second-order valence-electron chi connectivity index (χ2n) is 10.3. The molecule has 0 fully saturated rings. The van der Waals surface area contributed by atoms with Crippen molar-refractivity contribution in [2.45, 2.75) is 72.1 Å². The van der Waals surface area contributed by atoms with Gasteiger partial charge in [-0.05, 0) is 61.7 Å². The lowest BCUT2D eigenvalue weighted by Crippen LogP contribution is -2.36. The molecule has 2 aromatic heterocycles. The van der Waals surface area contributed by atoms with Crippen LogP contribution in [0.5, 0.6) is 11.5 Å². The molecule has 38 heavy (non-hydrogen) atoms. The fourth-order valence-electron chi connectivity index (χ4n) is 4.71. The topological polar surface area (TPSA) is 98.2 Å². The van der Waals surface area contributed by atoms with Gasteiger partial charge in [0.2, 0.25) is 0 Å². The van der Waals surface area contributed by atoms with Gasteiger partial charge in [-0.25, -0.2) is 4.68 Å². The number of aryl methyl sites for hydroxylation is 1. The Labute approximate surface area is 223 Å². The van der Waals surface area contributed by atoms with Crippen molar-refractivity contribution in [3.63, 3.8) is 0 Å². The lowest BCUT2D eigenvalue weighted by molar-refractivity contribution is 0.150. The average Bonchev–Trinajstić information content (AvgIpc) is 3.40. The van der Waals surface area contributed by atoms with Crippen molar-refractivity contribution in [3.05, 3.63) is 75.3 Å². The number of methoxy groups -OCH3 is 2.